The number of oxime groups is 1. The Bertz CT molecular complexity index is 367. The Morgan fingerprint density at radius 2 is 2.33 bits per heavy atom. The standard InChI is InChI=1S/C13H22N4O/c1-3-17(10-11(2)13(14)16-18)9-7-12-6-4-5-8-15-12/h4-6,8,11,18H,3,7,9-10H2,1-2H3,(H2,14,16). The molecular weight excluding hydrogens is 228 g/mol. The van der Waals surface area contributed by atoms with Crippen molar-refractivity contribution >= 4 is 5.84 Å². The monoisotopic (exact) mass is 250 g/mol. The number of rotatable bonds is 7. The summed E-state index contributed by atoms with van der Waals surface area (Å²) in [5, 5.41) is 11.7. The van der Waals surface area contributed by atoms with Crippen molar-refractivity contribution < 1.29 is 5.21 Å². The number of amidine groups is 1. The van der Waals surface area contributed by atoms with E-state index in [9.17, 15) is 0 Å². The fourth-order valence-corrected chi connectivity index (χ4v) is 1.78. The molecule has 1 heterocycles. The molecule has 0 amide bonds. The number of hydrogen-bond acceptors (Lipinski definition) is 4. The van der Waals surface area contributed by atoms with E-state index in [1.54, 1.807) is 0 Å². The van der Waals surface area contributed by atoms with Gasteiger partial charge in [0.25, 0.3) is 0 Å². The molecule has 0 aliphatic heterocycles. The van der Waals surface area contributed by atoms with E-state index in [1.807, 2.05) is 31.3 Å². The van der Waals surface area contributed by atoms with Gasteiger partial charge in [-0.15, -0.1) is 0 Å². The minimum Gasteiger partial charge on any atom is -0.409 e. The lowest BCUT2D eigenvalue weighted by Crippen LogP contribution is -2.36. The van der Waals surface area contributed by atoms with Crippen molar-refractivity contribution in [1.29, 1.82) is 0 Å². The van der Waals surface area contributed by atoms with Gasteiger partial charge in [-0.3, -0.25) is 4.98 Å². The summed E-state index contributed by atoms with van der Waals surface area (Å²) in [6, 6.07) is 5.94. The van der Waals surface area contributed by atoms with E-state index in [-0.39, 0.29) is 11.8 Å². The van der Waals surface area contributed by atoms with Crippen molar-refractivity contribution in [3.05, 3.63) is 30.1 Å². The topological polar surface area (TPSA) is 74.7 Å². The fourth-order valence-electron chi connectivity index (χ4n) is 1.78. The zero-order valence-corrected chi connectivity index (χ0v) is 11.1. The first-order valence-electron chi connectivity index (χ1n) is 6.27. The number of hydrogen-bond donors (Lipinski definition) is 2. The summed E-state index contributed by atoms with van der Waals surface area (Å²) >= 11 is 0. The number of nitrogens with zero attached hydrogens (tertiary/aromatic N) is 3. The van der Waals surface area contributed by atoms with E-state index in [0.717, 1.165) is 31.7 Å². The number of likely N-dealkylation sites (N-methyl/N-ethyl adjacent to an activating group) is 1. The SMILES string of the molecule is CCN(CCc1ccccn1)CC(C)C(N)=NO. The molecule has 0 saturated heterocycles. The lowest BCUT2D eigenvalue weighted by Gasteiger charge is -2.23. The Balaban J connectivity index is 2.43. The second kappa shape index (κ2) is 7.66. The van der Waals surface area contributed by atoms with Crippen LogP contribution in [0.2, 0.25) is 0 Å². The second-order valence-corrected chi connectivity index (χ2v) is 4.39. The van der Waals surface area contributed by atoms with Gasteiger partial charge < -0.3 is 15.8 Å². The summed E-state index contributed by atoms with van der Waals surface area (Å²) in [5.41, 5.74) is 6.68. The summed E-state index contributed by atoms with van der Waals surface area (Å²) in [4.78, 5) is 6.58. The molecule has 0 aromatic carbocycles. The van der Waals surface area contributed by atoms with Gasteiger partial charge >= 0.3 is 0 Å². The van der Waals surface area contributed by atoms with Crippen LogP contribution in [-0.4, -0.2) is 40.6 Å². The normalized spacial score (nSPS) is 13.8. The van der Waals surface area contributed by atoms with Crippen LogP contribution in [0.25, 0.3) is 0 Å². The number of aromatic nitrogens is 1. The predicted octanol–water partition coefficient (Wildman–Crippen LogP) is 1.33. The fraction of sp³-hybridized carbons (Fsp3) is 0.538. The van der Waals surface area contributed by atoms with Crippen LogP contribution >= 0.6 is 0 Å². The summed E-state index contributed by atoms with van der Waals surface area (Å²) in [6.45, 7) is 6.72. The second-order valence-electron chi connectivity index (χ2n) is 4.39. The minimum absolute atomic E-state index is 0.0543. The molecule has 0 radical (unpaired) electrons. The van der Waals surface area contributed by atoms with Crippen molar-refractivity contribution in [2.45, 2.75) is 20.3 Å². The Hall–Kier alpha value is -1.62. The lowest BCUT2D eigenvalue weighted by molar-refractivity contribution is 0.267. The third kappa shape index (κ3) is 4.71. The number of nitrogens with two attached hydrogens (primary N) is 1. The highest BCUT2D eigenvalue weighted by molar-refractivity contribution is 5.82. The van der Waals surface area contributed by atoms with Crippen LogP contribution in [0.3, 0.4) is 0 Å². The third-order valence-electron chi connectivity index (χ3n) is 3.01. The molecule has 0 spiro atoms. The van der Waals surface area contributed by atoms with Crippen LogP contribution in [0.4, 0.5) is 0 Å². The molecule has 5 heteroatoms. The molecule has 0 saturated carbocycles. The summed E-state index contributed by atoms with van der Waals surface area (Å²) in [7, 11) is 0. The first-order valence-corrected chi connectivity index (χ1v) is 6.27. The van der Waals surface area contributed by atoms with Gasteiger partial charge in [-0.2, -0.15) is 0 Å². The Morgan fingerprint density at radius 1 is 1.56 bits per heavy atom. The highest BCUT2D eigenvalue weighted by atomic mass is 16.4. The highest BCUT2D eigenvalue weighted by Crippen LogP contribution is 2.03. The Kier molecular flexibility index (Phi) is 6.14. The van der Waals surface area contributed by atoms with Crippen LogP contribution in [0.1, 0.15) is 19.5 Å². The van der Waals surface area contributed by atoms with E-state index < -0.39 is 0 Å². The predicted molar refractivity (Wildman–Crippen MR) is 72.6 cm³/mol. The van der Waals surface area contributed by atoms with E-state index in [4.69, 9.17) is 10.9 Å². The molecule has 1 unspecified atom stereocenters. The van der Waals surface area contributed by atoms with Crippen LogP contribution in [0, 0.1) is 5.92 Å². The van der Waals surface area contributed by atoms with Crippen molar-refractivity contribution in [2.24, 2.45) is 16.8 Å². The Morgan fingerprint density at radius 3 is 2.89 bits per heavy atom. The molecular formula is C13H22N4O. The summed E-state index contributed by atoms with van der Waals surface area (Å²) in [5.74, 6) is 0.338. The highest BCUT2D eigenvalue weighted by Gasteiger charge is 2.12. The zero-order chi connectivity index (χ0) is 13.4. The average Bonchev–Trinajstić information content (AvgIpc) is 2.43. The van der Waals surface area contributed by atoms with Gasteiger partial charge in [-0.1, -0.05) is 25.1 Å². The van der Waals surface area contributed by atoms with Crippen LogP contribution in [0.15, 0.2) is 29.6 Å². The van der Waals surface area contributed by atoms with Gasteiger partial charge in [-0.25, -0.2) is 0 Å². The van der Waals surface area contributed by atoms with E-state index in [0.29, 0.717) is 0 Å². The molecule has 5 nitrogen and oxygen atoms in total. The van der Waals surface area contributed by atoms with Crippen molar-refractivity contribution in [3.8, 4) is 0 Å². The summed E-state index contributed by atoms with van der Waals surface area (Å²) in [6.07, 6.45) is 2.72. The van der Waals surface area contributed by atoms with Gasteiger partial charge in [0.2, 0.25) is 0 Å². The molecule has 18 heavy (non-hydrogen) atoms. The molecule has 1 aromatic rings. The molecule has 1 atom stereocenters. The quantitative estimate of drug-likeness (QED) is 0.331. The van der Waals surface area contributed by atoms with Gasteiger partial charge in [0.15, 0.2) is 0 Å². The third-order valence-corrected chi connectivity index (χ3v) is 3.01. The van der Waals surface area contributed by atoms with Gasteiger partial charge in [0.1, 0.15) is 5.84 Å². The van der Waals surface area contributed by atoms with Crippen molar-refractivity contribution in [2.75, 3.05) is 19.6 Å². The smallest absolute Gasteiger partial charge is 0.143 e. The van der Waals surface area contributed by atoms with Gasteiger partial charge in [0, 0.05) is 37.3 Å². The molecule has 0 fully saturated rings. The Labute approximate surface area is 108 Å². The zero-order valence-electron chi connectivity index (χ0n) is 11.1. The van der Waals surface area contributed by atoms with Crippen LogP contribution in [0.5, 0.6) is 0 Å². The maximum atomic E-state index is 8.63. The average molecular weight is 250 g/mol. The molecule has 1 rings (SSSR count). The summed E-state index contributed by atoms with van der Waals surface area (Å²) < 4.78 is 0. The van der Waals surface area contributed by atoms with E-state index >= 15 is 0 Å². The van der Waals surface area contributed by atoms with Crippen LogP contribution in [-0.2, 0) is 6.42 Å². The lowest BCUT2D eigenvalue weighted by atomic mass is 10.1. The van der Waals surface area contributed by atoms with Crippen molar-refractivity contribution in [1.82, 2.24) is 9.88 Å². The maximum Gasteiger partial charge on any atom is 0.143 e. The van der Waals surface area contributed by atoms with Crippen molar-refractivity contribution in [3.63, 3.8) is 0 Å². The van der Waals surface area contributed by atoms with E-state index in [1.165, 1.54) is 0 Å². The molecule has 0 aliphatic carbocycles. The molecule has 100 valence electrons. The first-order chi connectivity index (χ1) is 8.67. The molecule has 1 aromatic heterocycles. The van der Waals surface area contributed by atoms with Gasteiger partial charge in [0.05, 0.1) is 0 Å². The van der Waals surface area contributed by atoms with E-state index in [2.05, 4.69) is 22.0 Å². The first kappa shape index (κ1) is 14.4. The van der Waals surface area contributed by atoms with Crippen LogP contribution < -0.4 is 5.73 Å². The number of pyridine rings is 1. The molecule has 3 N–H and O–H groups in total. The largest absolute Gasteiger partial charge is 0.409 e. The minimum atomic E-state index is 0.0543. The molecule has 0 bridgehead atoms. The van der Waals surface area contributed by atoms with Gasteiger partial charge in [-0.05, 0) is 18.7 Å². The molecule has 0 aliphatic rings. The maximum absolute atomic E-state index is 8.63.